The summed E-state index contributed by atoms with van der Waals surface area (Å²) < 4.78 is 0.918. The molecular formula is C11H17BrN4. The van der Waals surface area contributed by atoms with Gasteiger partial charge in [0.2, 0.25) is 0 Å². The number of hydrogen-bond acceptors (Lipinski definition) is 4. The second-order valence-corrected chi connectivity index (χ2v) is 5.09. The summed E-state index contributed by atoms with van der Waals surface area (Å²) in [5.74, 6) is 0.860. The molecule has 1 aromatic heterocycles. The standard InChI is InChI=1S/C11H17BrN4/c1-16(9-2-3-9)5-4-14-11-10(12)6-8(13)7-15-11/h6-7,9H,2-5,13H2,1H3,(H,14,15). The minimum absolute atomic E-state index is 0.674. The zero-order valence-electron chi connectivity index (χ0n) is 9.41. The smallest absolute Gasteiger partial charge is 0.140 e. The number of halogens is 1. The minimum Gasteiger partial charge on any atom is -0.397 e. The van der Waals surface area contributed by atoms with Gasteiger partial charge in [0.1, 0.15) is 5.82 Å². The first-order valence-corrected chi connectivity index (χ1v) is 6.31. The van der Waals surface area contributed by atoms with E-state index in [1.54, 1.807) is 6.20 Å². The van der Waals surface area contributed by atoms with Gasteiger partial charge in [0.15, 0.2) is 0 Å². The molecule has 3 N–H and O–H groups in total. The van der Waals surface area contributed by atoms with Gasteiger partial charge in [-0.1, -0.05) is 0 Å². The van der Waals surface area contributed by atoms with Crippen molar-refractivity contribution in [2.45, 2.75) is 18.9 Å². The highest BCUT2D eigenvalue weighted by atomic mass is 79.9. The van der Waals surface area contributed by atoms with Gasteiger partial charge in [-0.2, -0.15) is 0 Å². The fourth-order valence-electron chi connectivity index (χ4n) is 1.63. The first-order chi connectivity index (χ1) is 7.66. The largest absolute Gasteiger partial charge is 0.397 e. The fraction of sp³-hybridized carbons (Fsp3) is 0.545. The van der Waals surface area contributed by atoms with Gasteiger partial charge in [0.05, 0.1) is 16.4 Å². The Bertz CT molecular complexity index is 365. The lowest BCUT2D eigenvalue weighted by atomic mass is 10.4. The number of nitrogens with one attached hydrogen (secondary N) is 1. The van der Waals surface area contributed by atoms with E-state index < -0.39 is 0 Å². The Morgan fingerprint density at radius 1 is 1.62 bits per heavy atom. The van der Waals surface area contributed by atoms with Gasteiger partial charge in [0, 0.05) is 19.1 Å². The average Bonchev–Trinajstić information content (AvgIpc) is 3.04. The topological polar surface area (TPSA) is 54.2 Å². The van der Waals surface area contributed by atoms with Crippen LogP contribution < -0.4 is 11.1 Å². The normalized spacial score (nSPS) is 15.4. The van der Waals surface area contributed by atoms with Crippen molar-refractivity contribution in [2.75, 3.05) is 31.2 Å². The van der Waals surface area contributed by atoms with E-state index in [1.165, 1.54) is 12.8 Å². The van der Waals surface area contributed by atoms with Crippen LogP contribution in [-0.2, 0) is 0 Å². The van der Waals surface area contributed by atoms with E-state index in [0.29, 0.717) is 5.69 Å². The van der Waals surface area contributed by atoms with E-state index in [9.17, 15) is 0 Å². The van der Waals surface area contributed by atoms with Crippen molar-refractivity contribution in [3.05, 3.63) is 16.7 Å². The fourth-order valence-corrected chi connectivity index (χ4v) is 2.14. The average molecular weight is 285 g/mol. The zero-order chi connectivity index (χ0) is 11.5. The van der Waals surface area contributed by atoms with Crippen molar-refractivity contribution in [3.8, 4) is 0 Å². The molecule has 88 valence electrons. The Hall–Kier alpha value is -0.810. The lowest BCUT2D eigenvalue weighted by molar-refractivity contribution is 0.337. The van der Waals surface area contributed by atoms with Gasteiger partial charge in [-0.15, -0.1) is 0 Å². The molecule has 0 aromatic carbocycles. The van der Waals surface area contributed by atoms with Gasteiger partial charge in [-0.25, -0.2) is 4.98 Å². The lowest BCUT2D eigenvalue weighted by Gasteiger charge is -2.16. The Balaban J connectivity index is 1.80. The Labute approximate surface area is 104 Å². The third kappa shape index (κ3) is 3.09. The highest BCUT2D eigenvalue weighted by molar-refractivity contribution is 9.10. The molecule has 0 unspecified atom stereocenters. The number of likely N-dealkylation sites (N-methyl/N-ethyl adjacent to an activating group) is 1. The summed E-state index contributed by atoms with van der Waals surface area (Å²) >= 11 is 3.44. The summed E-state index contributed by atoms with van der Waals surface area (Å²) in [5.41, 5.74) is 6.30. The van der Waals surface area contributed by atoms with Gasteiger partial charge < -0.3 is 16.0 Å². The van der Waals surface area contributed by atoms with Gasteiger partial charge in [-0.05, 0) is 41.9 Å². The molecular weight excluding hydrogens is 268 g/mol. The molecule has 0 atom stereocenters. The van der Waals surface area contributed by atoms with Crippen LogP contribution in [0.5, 0.6) is 0 Å². The van der Waals surface area contributed by atoms with E-state index in [2.05, 4.69) is 38.2 Å². The number of rotatable bonds is 5. The molecule has 16 heavy (non-hydrogen) atoms. The van der Waals surface area contributed by atoms with Crippen molar-refractivity contribution in [3.63, 3.8) is 0 Å². The third-order valence-corrected chi connectivity index (χ3v) is 3.39. The van der Waals surface area contributed by atoms with E-state index >= 15 is 0 Å². The molecule has 0 saturated heterocycles. The van der Waals surface area contributed by atoms with Gasteiger partial charge in [-0.3, -0.25) is 0 Å². The molecule has 0 radical (unpaired) electrons. The molecule has 1 aliphatic rings. The highest BCUT2D eigenvalue weighted by Gasteiger charge is 2.25. The molecule has 0 bridgehead atoms. The summed E-state index contributed by atoms with van der Waals surface area (Å²) in [5, 5.41) is 3.30. The number of hydrogen-bond donors (Lipinski definition) is 2. The molecule has 1 saturated carbocycles. The summed E-state index contributed by atoms with van der Waals surface area (Å²) in [6, 6.07) is 2.67. The van der Waals surface area contributed by atoms with Crippen LogP contribution in [0.4, 0.5) is 11.5 Å². The van der Waals surface area contributed by atoms with Gasteiger partial charge in [0.25, 0.3) is 0 Å². The maximum absolute atomic E-state index is 5.62. The zero-order valence-corrected chi connectivity index (χ0v) is 11.0. The number of pyridine rings is 1. The summed E-state index contributed by atoms with van der Waals surface area (Å²) in [4.78, 5) is 6.62. The SMILES string of the molecule is CN(CCNc1ncc(N)cc1Br)C1CC1. The van der Waals surface area contributed by atoms with Crippen LogP contribution in [0.15, 0.2) is 16.7 Å². The summed E-state index contributed by atoms with van der Waals surface area (Å²) in [6.07, 6.45) is 4.36. The maximum Gasteiger partial charge on any atom is 0.140 e. The molecule has 0 amide bonds. The first kappa shape index (κ1) is 11.7. The number of anilines is 2. The quantitative estimate of drug-likeness (QED) is 0.868. The van der Waals surface area contributed by atoms with Crippen LogP contribution in [0.1, 0.15) is 12.8 Å². The van der Waals surface area contributed by atoms with Crippen LogP contribution >= 0.6 is 15.9 Å². The van der Waals surface area contributed by atoms with Crippen molar-refractivity contribution < 1.29 is 0 Å². The molecule has 1 fully saturated rings. The van der Waals surface area contributed by atoms with Crippen LogP contribution in [-0.4, -0.2) is 36.1 Å². The van der Waals surface area contributed by atoms with Crippen molar-refractivity contribution >= 4 is 27.4 Å². The van der Waals surface area contributed by atoms with Crippen LogP contribution in [0.25, 0.3) is 0 Å². The molecule has 0 spiro atoms. The van der Waals surface area contributed by atoms with Crippen molar-refractivity contribution in [2.24, 2.45) is 0 Å². The van der Waals surface area contributed by atoms with E-state index in [-0.39, 0.29) is 0 Å². The minimum atomic E-state index is 0.674. The molecule has 1 aromatic rings. The molecule has 4 nitrogen and oxygen atoms in total. The Morgan fingerprint density at radius 3 is 3.00 bits per heavy atom. The molecule has 2 rings (SSSR count). The first-order valence-electron chi connectivity index (χ1n) is 5.52. The molecule has 1 heterocycles. The van der Waals surface area contributed by atoms with E-state index in [1.807, 2.05) is 6.07 Å². The predicted octanol–water partition coefficient (Wildman–Crippen LogP) is 1.93. The van der Waals surface area contributed by atoms with Crippen molar-refractivity contribution in [1.29, 1.82) is 0 Å². The monoisotopic (exact) mass is 284 g/mol. The van der Waals surface area contributed by atoms with E-state index in [4.69, 9.17) is 5.73 Å². The molecule has 0 aliphatic heterocycles. The van der Waals surface area contributed by atoms with E-state index in [0.717, 1.165) is 29.4 Å². The second kappa shape index (κ2) is 5.01. The predicted molar refractivity (Wildman–Crippen MR) is 70.5 cm³/mol. The number of aromatic nitrogens is 1. The second-order valence-electron chi connectivity index (χ2n) is 4.24. The highest BCUT2D eigenvalue weighted by Crippen LogP contribution is 2.25. The Morgan fingerprint density at radius 2 is 2.38 bits per heavy atom. The summed E-state index contributed by atoms with van der Waals surface area (Å²) in [6.45, 7) is 1.95. The Kier molecular flexibility index (Phi) is 3.66. The summed E-state index contributed by atoms with van der Waals surface area (Å²) in [7, 11) is 2.17. The van der Waals surface area contributed by atoms with Gasteiger partial charge >= 0.3 is 0 Å². The van der Waals surface area contributed by atoms with Crippen LogP contribution in [0, 0.1) is 0 Å². The molecule has 5 heteroatoms. The maximum atomic E-state index is 5.62. The number of nitrogens with zero attached hydrogens (tertiary/aromatic N) is 2. The number of nitrogens with two attached hydrogens (primary N) is 1. The lowest BCUT2D eigenvalue weighted by Crippen LogP contribution is -2.27. The third-order valence-electron chi connectivity index (χ3n) is 2.79. The van der Waals surface area contributed by atoms with Crippen LogP contribution in [0.3, 0.4) is 0 Å². The van der Waals surface area contributed by atoms with Crippen LogP contribution in [0.2, 0.25) is 0 Å². The number of nitrogen functional groups attached to an aromatic ring is 1. The molecule has 1 aliphatic carbocycles. The van der Waals surface area contributed by atoms with Crippen molar-refractivity contribution in [1.82, 2.24) is 9.88 Å².